The Balaban J connectivity index is 1.61. The van der Waals surface area contributed by atoms with Crippen molar-refractivity contribution in [3.8, 4) is 0 Å². The van der Waals surface area contributed by atoms with Gasteiger partial charge in [0.2, 0.25) is 0 Å². The van der Waals surface area contributed by atoms with Gasteiger partial charge in [-0.3, -0.25) is 0 Å². The number of hydrogen-bond acceptors (Lipinski definition) is 2. The van der Waals surface area contributed by atoms with Gasteiger partial charge in [-0.1, -0.05) is 43.2 Å². The average Bonchev–Trinajstić information content (AvgIpc) is 2.88. The summed E-state index contributed by atoms with van der Waals surface area (Å²) in [6.45, 7) is 1.12. The third-order valence-electron chi connectivity index (χ3n) is 3.71. The van der Waals surface area contributed by atoms with Gasteiger partial charge in [0.05, 0.1) is 0 Å². The molecule has 2 rings (SSSR count). The molecule has 94 valence electrons. The minimum absolute atomic E-state index is 0.196. The Morgan fingerprint density at radius 3 is 2.59 bits per heavy atom. The molecular weight excluding hydrogens is 208 g/mol. The molecule has 0 saturated heterocycles. The van der Waals surface area contributed by atoms with Crippen LogP contribution in [0, 0.1) is 0 Å². The standard InChI is InChI=1S/C15H24N2/c16-15(13-7-2-1-3-8-13)11-6-12-17-14-9-4-5-10-14/h1-3,7-8,14-15,17H,4-6,9-12,16H2. The van der Waals surface area contributed by atoms with Gasteiger partial charge in [0.1, 0.15) is 0 Å². The van der Waals surface area contributed by atoms with Crippen LogP contribution in [0.2, 0.25) is 0 Å². The molecule has 1 fully saturated rings. The maximum Gasteiger partial charge on any atom is 0.0295 e. The number of nitrogens with two attached hydrogens (primary N) is 1. The molecule has 1 aromatic carbocycles. The minimum atomic E-state index is 0.196. The highest BCUT2D eigenvalue weighted by Gasteiger charge is 2.13. The fourth-order valence-electron chi connectivity index (χ4n) is 2.62. The Bertz CT molecular complexity index is 304. The van der Waals surface area contributed by atoms with E-state index in [1.54, 1.807) is 0 Å². The highest BCUT2D eigenvalue weighted by Crippen LogP contribution is 2.18. The molecule has 0 aromatic heterocycles. The third-order valence-corrected chi connectivity index (χ3v) is 3.71. The van der Waals surface area contributed by atoms with Crippen molar-refractivity contribution in [1.82, 2.24) is 5.32 Å². The zero-order chi connectivity index (χ0) is 11.9. The molecule has 0 amide bonds. The Morgan fingerprint density at radius 1 is 1.18 bits per heavy atom. The van der Waals surface area contributed by atoms with Crippen molar-refractivity contribution in [3.05, 3.63) is 35.9 Å². The van der Waals surface area contributed by atoms with Crippen LogP contribution in [-0.4, -0.2) is 12.6 Å². The SMILES string of the molecule is NC(CCCNC1CCCC1)c1ccccc1. The first-order valence-electron chi connectivity index (χ1n) is 6.90. The summed E-state index contributed by atoms with van der Waals surface area (Å²) >= 11 is 0. The maximum atomic E-state index is 6.16. The van der Waals surface area contributed by atoms with Crippen molar-refractivity contribution in [2.24, 2.45) is 5.73 Å². The van der Waals surface area contributed by atoms with E-state index >= 15 is 0 Å². The van der Waals surface area contributed by atoms with E-state index in [0.29, 0.717) is 0 Å². The summed E-state index contributed by atoms with van der Waals surface area (Å²) in [6.07, 6.45) is 7.79. The molecule has 1 unspecified atom stereocenters. The lowest BCUT2D eigenvalue weighted by molar-refractivity contribution is 0.492. The lowest BCUT2D eigenvalue weighted by Crippen LogP contribution is -2.27. The predicted molar refractivity (Wildman–Crippen MR) is 72.9 cm³/mol. The lowest BCUT2D eigenvalue weighted by atomic mass is 10.0. The first kappa shape index (κ1) is 12.6. The molecule has 0 bridgehead atoms. The second-order valence-electron chi connectivity index (χ2n) is 5.09. The summed E-state index contributed by atoms with van der Waals surface area (Å²) < 4.78 is 0. The van der Waals surface area contributed by atoms with Gasteiger partial charge >= 0.3 is 0 Å². The molecular formula is C15H24N2. The number of hydrogen-bond donors (Lipinski definition) is 2. The number of rotatable bonds is 6. The van der Waals surface area contributed by atoms with Gasteiger partial charge in [-0.2, -0.15) is 0 Å². The largest absolute Gasteiger partial charge is 0.324 e. The van der Waals surface area contributed by atoms with Crippen molar-refractivity contribution < 1.29 is 0 Å². The molecule has 0 spiro atoms. The van der Waals surface area contributed by atoms with Gasteiger partial charge in [0.15, 0.2) is 0 Å². The van der Waals surface area contributed by atoms with E-state index in [2.05, 4.69) is 29.6 Å². The summed E-state index contributed by atoms with van der Waals surface area (Å²) in [5.74, 6) is 0. The Hall–Kier alpha value is -0.860. The van der Waals surface area contributed by atoms with Crippen LogP contribution >= 0.6 is 0 Å². The van der Waals surface area contributed by atoms with E-state index < -0.39 is 0 Å². The molecule has 1 atom stereocenters. The summed E-state index contributed by atoms with van der Waals surface area (Å²) in [7, 11) is 0. The fraction of sp³-hybridized carbons (Fsp3) is 0.600. The zero-order valence-corrected chi connectivity index (χ0v) is 10.6. The van der Waals surface area contributed by atoms with E-state index in [1.165, 1.54) is 37.7 Å². The van der Waals surface area contributed by atoms with Crippen LogP contribution in [0.4, 0.5) is 0 Å². The minimum Gasteiger partial charge on any atom is -0.324 e. The van der Waals surface area contributed by atoms with E-state index in [1.807, 2.05) is 6.07 Å². The van der Waals surface area contributed by atoms with Crippen LogP contribution in [0.1, 0.15) is 50.1 Å². The van der Waals surface area contributed by atoms with E-state index in [4.69, 9.17) is 5.73 Å². The molecule has 17 heavy (non-hydrogen) atoms. The van der Waals surface area contributed by atoms with Gasteiger partial charge in [-0.05, 0) is 37.8 Å². The van der Waals surface area contributed by atoms with Crippen LogP contribution in [0.15, 0.2) is 30.3 Å². The third kappa shape index (κ3) is 4.14. The summed E-state index contributed by atoms with van der Waals surface area (Å²) in [5.41, 5.74) is 7.42. The molecule has 3 N–H and O–H groups in total. The molecule has 0 heterocycles. The molecule has 1 aliphatic rings. The van der Waals surface area contributed by atoms with Crippen molar-refractivity contribution in [3.63, 3.8) is 0 Å². The van der Waals surface area contributed by atoms with Crippen LogP contribution in [0.25, 0.3) is 0 Å². The topological polar surface area (TPSA) is 38.0 Å². The lowest BCUT2D eigenvalue weighted by Gasteiger charge is -2.14. The summed E-state index contributed by atoms with van der Waals surface area (Å²) in [6, 6.07) is 11.4. The zero-order valence-electron chi connectivity index (χ0n) is 10.6. The molecule has 1 aromatic rings. The van der Waals surface area contributed by atoms with Crippen molar-refractivity contribution >= 4 is 0 Å². The Labute approximate surface area is 105 Å². The van der Waals surface area contributed by atoms with Crippen molar-refractivity contribution in [2.45, 2.75) is 50.6 Å². The van der Waals surface area contributed by atoms with Crippen LogP contribution < -0.4 is 11.1 Å². The first-order valence-corrected chi connectivity index (χ1v) is 6.90. The predicted octanol–water partition coefficient (Wildman–Crippen LogP) is 3.00. The average molecular weight is 232 g/mol. The quantitative estimate of drug-likeness (QED) is 0.740. The molecule has 2 heteroatoms. The highest BCUT2D eigenvalue weighted by molar-refractivity contribution is 5.18. The number of nitrogens with one attached hydrogen (secondary N) is 1. The monoisotopic (exact) mass is 232 g/mol. The van der Waals surface area contributed by atoms with E-state index in [9.17, 15) is 0 Å². The summed E-state index contributed by atoms with van der Waals surface area (Å²) in [5, 5.41) is 3.63. The van der Waals surface area contributed by atoms with Crippen LogP contribution in [0.3, 0.4) is 0 Å². The van der Waals surface area contributed by atoms with Gasteiger partial charge in [0, 0.05) is 12.1 Å². The van der Waals surface area contributed by atoms with Gasteiger partial charge < -0.3 is 11.1 Å². The van der Waals surface area contributed by atoms with Gasteiger partial charge in [-0.25, -0.2) is 0 Å². The Morgan fingerprint density at radius 2 is 1.88 bits per heavy atom. The van der Waals surface area contributed by atoms with Crippen LogP contribution in [-0.2, 0) is 0 Å². The van der Waals surface area contributed by atoms with Gasteiger partial charge in [0.25, 0.3) is 0 Å². The van der Waals surface area contributed by atoms with Gasteiger partial charge in [-0.15, -0.1) is 0 Å². The molecule has 0 aliphatic heterocycles. The van der Waals surface area contributed by atoms with Crippen molar-refractivity contribution in [1.29, 1.82) is 0 Å². The van der Waals surface area contributed by atoms with E-state index in [0.717, 1.165) is 19.0 Å². The maximum absolute atomic E-state index is 6.16. The highest BCUT2D eigenvalue weighted by atomic mass is 14.9. The second-order valence-corrected chi connectivity index (χ2v) is 5.09. The molecule has 2 nitrogen and oxygen atoms in total. The molecule has 1 aliphatic carbocycles. The van der Waals surface area contributed by atoms with Crippen LogP contribution in [0.5, 0.6) is 0 Å². The normalized spacial score (nSPS) is 18.4. The smallest absolute Gasteiger partial charge is 0.0295 e. The summed E-state index contributed by atoms with van der Waals surface area (Å²) in [4.78, 5) is 0. The Kier molecular flexibility index (Phi) is 5.02. The van der Waals surface area contributed by atoms with E-state index in [-0.39, 0.29) is 6.04 Å². The first-order chi connectivity index (χ1) is 8.36. The molecule has 0 radical (unpaired) electrons. The number of benzene rings is 1. The molecule has 1 saturated carbocycles. The fourth-order valence-corrected chi connectivity index (χ4v) is 2.62. The van der Waals surface area contributed by atoms with Crippen molar-refractivity contribution in [2.75, 3.05) is 6.54 Å². The second kappa shape index (κ2) is 6.77.